The van der Waals surface area contributed by atoms with Crippen LogP contribution in [0.3, 0.4) is 0 Å². The van der Waals surface area contributed by atoms with Gasteiger partial charge in [-0.3, -0.25) is 0 Å². The van der Waals surface area contributed by atoms with Gasteiger partial charge < -0.3 is 0 Å². The Kier molecular flexibility index (Phi) is 3.40. The second-order valence-electron chi connectivity index (χ2n) is 2.20. The number of rotatable bonds is 0. The van der Waals surface area contributed by atoms with Crippen LogP contribution in [0.4, 0.5) is 0 Å². The molecule has 0 aromatic heterocycles. The van der Waals surface area contributed by atoms with Crippen molar-refractivity contribution in [2.45, 2.75) is 12.8 Å². The molecule has 0 bridgehead atoms. The predicted molar refractivity (Wildman–Crippen MR) is 45.8 cm³/mol. The summed E-state index contributed by atoms with van der Waals surface area (Å²) in [6.07, 6.45) is 19.0. The molecule has 0 heteroatoms. The standard InChI is InChI=1S/C10H12/c1-2-4-6-8-10-9-7-5-3-1/h1-8H,9-10H2/b3-1-,4-2+,7-5-,8-6?. The van der Waals surface area contributed by atoms with Crippen molar-refractivity contribution in [3.05, 3.63) is 48.6 Å². The van der Waals surface area contributed by atoms with Crippen molar-refractivity contribution in [1.29, 1.82) is 0 Å². The largest absolute Gasteiger partial charge is 0.0842 e. The Balaban J connectivity index is 2.53. The molecule has 0 amide bonds. The second-order valence-corrected chi connectivity index (χ2v) is 2.20. The summed E-state index contributed by atoms with van der Waals surface area (Å²) in [5.74, 6) is 0. The lowest BCUT2D eigenvalue weighted by molar-refractivity contribution is 1.05. The van der Waals surface area contributed by atoms with E-state index in [4.69, 9.17) is 0 Å². The molecule has 1 aliphatic carbocycles. The van der Waals surface area contributed by atoms with Gasteiger partial charge in [0.25, 0.3) is 0 Å². The van der Waals surface area contributed by atoms with E-state index >= 15 is 0 Å². The van der Waals surface area contributed by atoms with E-state index in [1.165, 1.54) is 0 Å². The molecule has 0 nitrogen and oxygen atoms in total. The van der Waals surface area contributed by atoms with Crippen LogP contribution in [-0.2, 0) is 0 Å². The highest BCUT2D eigenvalue weighted by Gasteiger charge is 1.74. The molecule has 10 heavy (non-hydrogen) atoms. The molecule has 0 unspecified atom stereocenters. The molecule has 0 N–H and O–H groups in total. The maximum Gasteiger partial charge on any atom is -0.0313 e. The predicted octanol–water partition coefficient (Wildman–Crippen LogP) is 3.01. The highest BCUT2D eigenvalue weighted by molar-refractivity contribution is 5.16. The third-order valence-electron chi connectivity index (χ3n) is 1.33. The van der Waals surface area contributed by atoms with Crippen LogP contribution in [0.15, 0.2) is 48.6 Å². The molecule has 0 fully saturated rings. The van der Waals surface area contributed by atoms with Crippen LogP contribution in [0, 0.1) is 0 Å². The third kappa shape index (κ3) is 3.08. The average molecular weight is 132 g/mol. The zero-order valence-corrected chi connectivity index (χ0v) is 6.03. The summed E-state index contributed by atoms with van der Waals surface area (Å²) in [4.78, 5) is 0. The van der Waals surface area contributed by atoms with Crippen LogP contribution < -0.4 is 0 Å². The maximum absolute atomic E-state index is 2.18. The molecule has 0 heterocycles. The van der Waals surface area contributed by atoms with Gasteiger partial charge in [-0.2, -0.15) is 0 Å². The minimum Gasteiger partial charge on any atom is -0.0842 e. The zero-order valence-electron chi connectivity index (χ0n) is 6.03. The van der Waals surface area contributed by atoms with E-state index in [0.29, 0.717) is 0 Å². The van der Waals surface area contributed by atoms with E-state index in [2.05, 4.69) is 36.5 Å². The summed E-state index contributed by atoms with van der Waals surface area (Å²) in [5, 5.41) is 0. The lowest BCUT2D eigenvalue weighted by atomic mass is 10.2. The second kappa shape index (κ2) is 4.80. The molecule has 0 aromatic carbocycles. The van der Waals surface area contributed by atoms with Crippen molar-refractivity contribution in [2.75, 3.05) is 0 Å². The first kappa shape index (κ1) is 7.07. The van der Waals surface area contributed by atoms with Crippen molar-refractivity contribution in [1.82, 2.24) is 0 Å². The van der Waals surface area contributed by atoms with Gasteiger partial charge in [-0.1, -0.05) is 48.6 Å². The quantitative estimate of drug-likeness (QED) is 0.475. The first-order chi connectivity index (χ1) is 5.00. The molecule has 0 atom stereocenters. The lowest BCUT2D eigenvalue weighted by Gasteiger charge is -1.85. The summed E-state index contributed by atoms with van der Waals surface area (Å²) in [7, 11) is 0. The Bertz CT molecular complexity index is 158. The Morgan fingerprint density at radius 1 is 0.500 bits per heavy atom. The Morgan fingerprint density at radius 2 is 0.900 bits per heavy atom. The van der Waals surface area contributed by atoms with E-state index in [1.807, 2.05) is 12.2 Å². The smallest absolute Gasteiger partial charge is 0.0313 e. The van der Waals surface area contributed by atoms with Crippen LogP contribution in [0.5, 0.6) is 0 Å². The average Bonchev–Trinajstić information content (AvgIpc) is 2.01. The van der Waals surface area contributed by atoms with Gasteiger partial charge in [-0.25, -0.2) is 0 Å². The topological polar surface area (TPSA) is 0 Å². The molecule has 0 spiro atoms. The highest BCUT2D eigenvalue weighted by atomic mass is 13.8. The molecule has 52 valence electrons. The number of allylic oxidation sites excluding steroid dienone is 8. The van der Waals surface area contributed by atoms with Gasteiger partial charge in [-0.05, 0) is 12.8 Å². The molecule has 0 aliphatic heterocycles. The normalized spacial score (nSPS) is 27.2. The van der Waals surface area contributed by atoms with Crippen molar-refractivity contribution >= 4 is 0 Å². The molecule has 0 aromatic rings. The van der Waals surface area contributed by atoms with Crippen molar-refractivity contribution in [2.24, 2.45) is 0 Å². The number of hydrogen-bond donors (Lipinski definition) is 0. The van der Waals surface area contributed by atoms with Gasteiger partial charge in [0, 0.05) is 0 Å². The van der Waals surface area contributed by atoms with Crippen molar-refractivity contribution in [3.63, 3.8) is 0 Å². The zero-order chi connectivity index (χ0) is 7.07. The van der Waals surface area contributed by atoms with Crippen molar-refractivity contribution < 1.29 is 0 Å². The summed E-state index contributed by atoms with van der Waals surface area (Å²) in [6, 6.07) is 0. The monoisotopic (exact) mass is 132 g/mol. The third-order valence-corrected chi connectivity index (χ3v) is 1.33. The maximum atomic E-state index is 2.18. The molecule has 1 aliphatic rings. The molecule has 0 radical (unpaired) electrons. The highest BCUT2D eigenvalue weighted by Crippen LogP contribution is 1.95. The van der Waals surface area contributed by atoms with Gasteiger partial charge in [-0.15, -0.1) is 0 Å². The number of hydrogen-bond acceptors (Lipinski definition) is 0. The van der Waals surface area contributed by atoms with Crippen LogP contribution in [0.1, 0.15) is 12.8 Å². The summed E-state index contributed by atoms with van der Waals surface area (Å²) in [5.41, 5.74) is 0. The van der Waals surface area contributed by atoms with E-state index in [-0.39, 0.29) is 0 Å². The first-order valence-corrected chi connectivity index (χ1v) is 3.65. The van der Waals surface area contributed by atoms with E-state index < -0.39 is 0 Å². The minimum atomic E-state index is 1.15. The Hall–Kier alpha value is -1.04. The van der Waals surface area contributed by atoms with Crippen LogP contribution >= 0.6 is 0 Å². The van der Waals surface area contributed by atoms with Gasteiger partial charge in [0.1, 0.15) is 0 Å². The van der Waals surface area contributed by atoms with Gasteiger partial charge in [0.05, 0.1) is 0 Å². The van der Waals surface area contributed by atoms with E-state index in [1.54, 1.807) is 0 Å². The fourth-order valence-corrected chi connectivity index (χ4v) is 0.799. The first-order valence-electron chi connectivity index (χ1n) is 3.65. The van der Waals surface area contributed by atoms with Gasteiger partial charge >= 0.3 is 0 Å². The van der Waals surface area contributed by atoms with Crippen LogP contribution in [-0.4, -0.2) is 0 Å². The SMILES string of the molecule is C1=CCC\C=C/C=C\C=C\1. The molecular formula is C10H12. The molecule has 1 rings (SSSR count). The van der Waals surface area contributed by atoms with Gasteiger partial charge in [0.15, 0.2) is 0 Å². The van der Waals surface area contributed by atoms with Crippen LogP contribution in [0.2, 0.25) is 0 Å². The van der Waals surface area contributed by atoms with E-state index in [9.17, 15) is 0 Å². The lowest BCUT2D eigenvalue weighted by Crippen LogP contribution is -1.64. The van der Waals surface area contributed by atoms with E-state index in [0.717, 1.165) is 12.8 Å². The summed E-state index contributed by atoms with van der Waals surface area (Å²) < 4.78 is 0. The summed E-state index contributed by atoms with van der Waals surface area (Å²) >= 11 is 0. The molecule has 0 saturated carbocycles. The molecular weight excluding hydrogens is 120 g/mol. The fourth-order valence-electron chi connectivity index (χ4n) is 0.799. The van der Waals surface area contributed by atoms with Crippen molar-refractivity contribution in [3.8, 4) is 0 Å². The Labute approximate surface area is 62.3 Å². The van der Waals surface area contributed by atoms with Crippen LogP contribution in [0.25, 0.3) is 0 Å². The minimum absolute atomic E-state index is 1.15. The fraction of sp³-hybridized carbons (Fsp3) is 0.200. The summed E-state index contributed by atoms with van der Waals surface area (Å²) in [6.45, 7) is 0. The molecule has 0 saturated heterocycles. The van der Waals surface area contributed by atoms with Gasteiger partial charge in [0.2, 0.25) is 0 Å². The Morgan fingerprint density at radius 3 is 1.40 bits per heavy atom.